The average molecular weight is 447 g/mol. The number of hydrogen-bond donors (Lipinski definition) is 1. The topological polar surface area (TPSA) is 106 Å². The number of benzene rings is 1. The molecule has 1 aliphatic rings. The number of anilines is 1. The van der Waals surface area contributed by atoms with Crippen molar-refractivity contribution in [2.75, 3.05) is 25.0 Å². The molecular weight excluding hydrogens is 422 g/mol. The number of para-hydroxylation sites is 1. The predicted octanol–water partition coefficient (Wildman–Crippen LogP) is 2.21. The number of amides is 2. The van der Waals surface area contributed by atoms with Crippen LogP contribution in [0.4, 0.5) is 5.82 Å². The van der Waals surface area contributed by atoms with Crippen LogP contribution >= 0.6 is 0 Å². The zero-order valence-electron chi connectivity index (χ0n) is 18.1. The van der Waals surface area contributed by atoms with Crippen LogP contribution in [0.3, 0.4) is 0 Å². The highest BCUT2D eigenvalue weighted by molar-refractivity contribution is 5.93. The molecule has 1 aromatic carbocycles. The second-order valence-corrected chi connectivity index (χ2v) is 7.71. The summed E-state index contributed by atoms with van der Waals surface area (Å²) in [5.41, 5.74) is -0.0983. The van der Waals surface area contributed by atoms with Crippen molar-refractivity contribution >= 4 is 17.6 Å². The molecule has 0 saturated carbocycles. The van der Waals surface area contributed by atoms with Gasteiger partial charge in [0.15, 0.2) is 0 Å². The van der Waals surface area contributed by atoms with Gasteiger partial charge < -0.3 is 15.0 Å². The molecule has 9 heteroatoms. The molecule has 4 rings (SSSR count). The normalized spacial score (nSPS) is 14.0. The number of aromatic nitrogens is 3. The number of piperidine rings is 1. The Balaban J connectivity index is 1.31. The molecule has 1 aliphatic heterocycles. The third-order valence-corrected chi connectivity index (χ3v) is 5.47. The lowest BCUT2D eigenvalue weighted by Gasteiger charge is -2.31. The number of nitrogens with zero attached hydrogens (tertiary/aromatic N) is 4. The molecule has 2 amide bonds. The molecule has 1 fully saturated rings. The molecule has 33 heavy (non-hydrogen) atoms. The van der Waals surface area contributed by atoms with E-state index in [1.165, 1.54) is 16.8 Å². The van der Waals surface area contributed by atoms with E-state index in [0.29, 0.717) is 37.5 Å². The van der Waals surface area contributed by atoms with Crippen molar-refractivity contribution in [2.24, 2.45) is 5.92 Å². The summed E-state index contributed by atoms with van der Waals surface area (Å²) in [6, 6.07) is 17.4. The largest absolute Gasteiger partial charge is 0.492 e. The van der Waals surface area contributed by atoms with Crippen molar-refractivity contribution < 1.29 is 14.3 Å². The van der Waals surface area contributed by atoms with E-state index in [2.05, 4.69) is 15.4 Å². The zero-order chi connectivity index (χ0) is 23.0. The Labute approximate surface area is 191 Å². The summed E-state index contributed by atoms with van der Waals surface area (Å²) >= 11 is 0. The van der Waals surface area contributed by atoms with Gasteiger partial charge in [0, 0.05) is 31.3 Å². The first-order chi connectivity index (χ1) is 16.1. The van der Waals surface area contributed by atoms with Crippen LogP contribution in [-0.4, -0.2) is 51.2 Å². The van der Waals surface area contributed by atoms with Crippen LogP contribution in [0.5, 0.6) is 5.75 Å². The van der Waals surface area contributed by atoms with E-state index in [-0.39, 0.29) is 42.1 Å². The summed E-state index contributed by atoms with van der Waals surface area (Å²) in [5, 5.41) is 7.05. The maximum absolute atomic E-state index is 12.9. The standard InChI is InChI=1S/C24H25N5O4/c30-22-10-9-20(27-29(22)16-17-33-19-6-2-1-3-7-19)24(32)28-14-11-18(12-15-28)23(31)26-21-8-4-5-13-25-21/h1-10,13,18H,11-12,14-17H2,(H,25,26,31). The van der Waals surface area contributed by atoms with Gasteiger partial charge in [0.2, 0.25) is 5.91 Å². The molecule has 0 bridgehead atoms. The van der Waals surface area contributed by atoms with Crippen molar-refractivity contribution in [3.05, 3.63) is 82.9 Å². The number of carbonyl (C=O) groups is 2. The third kappa shape index (κ3) is 5.82. The lowest BCUT2D eigenvalue weighted by Crippen LogP contribution is -2.42. The van der Waals surface area contributed by atoms with Crippen molar-refractivity contribution in [3.8, 4) is 5.75 Å². The molecule has 2 aromatic heterocycles. The summed E-state index contributed by atoms with van der Waals surface area (Å²) in [6.07, 6.45) is 2.72. The molecular formula is C24H25N5O4. The molecule has 9 nitrogen and oxygen atoms in total. The van der Waals surface area contributed by atoms with Gasteiger partial charge in [0.05, 0.1) is 6.54 Å². The molecule has 1 saturated heterocycles. The second-order valence-electron chi connectivity index (χ2n) is 7.71. The second kappa shape index (κ2) is 10.5. The number of pyridine rings is 1. The number of nitrogens with one attached hydrogen (secondary N) is 1. The van der Waals surface area contributed by atoms with Crippen LogP contribution in [0, 0.1) is 5.92 Å². The van der Waals surface area contributed by atoms with Gasteiger partial charge in [0.25, 0.3) is 11.5 Å². The lowest BCUT2D eigenvalue weighted by atomic mass is 9.95. The maximum Gasteiger partial charge on any atom is 0.274 e. The summed E-state index contributed by atoms with van der Waals surface area (Å²) in [4.78, 5) is 43.3. The van der Waals surface area contributed by atoms with Crippen LogP contribution in [0.15, 0.2) is 71.7 Å². The van der Waals surface area contributed by atoms with E-state index in [9.17, 15) is 14.4 Å². The Morgan fingerprint density at radius 3 is 2.48 bits per heavy atom. The molecule has 0 unspecified atom stereocenters. The van der Waals surface area contributed by atoms with Gasteiger partial charge in [-0.3, -0.25) is 14.4 Å². The van der Waals surface area contributed by atoms with E-state index < -0.39 is 0 Å². The molecule has 1 N–H and O–H groups in total. The van der Waals surface area contributed by atoms with E-state index in [0.717, 1.165) is 0 Å². The quantitative estimate of drug-likeness (QED) is 0.595. The highest BCUT2D eigenvalue weighted by Crippen LogP contribution is 2.20. The van der Waals surface area contributed by atoms with Crippen molar-refractivity contribution in [2.45, 2.75) is 19.4 Å². The first-order valence-electron chi connectivity index (χ1n) is 10.9. The van der Waals surface area contributed by atoms with Crippen LogP contribution in [-0.2, 0) is 11.3 Å². The first-order valence-corrected chi connectivity index (χ1v) is 10.9. The van der Waals surface area contributed by atoms with Gasteiger partial charge in [-0.15, -0.1) is 0 Å². The molecule has 0 atom stereocenters. The first kappa shape index (κ1) is 22.2. The van der Waals surface area contributed by atoms with E-state index >= 15 is 0 Å². The lowest BCUT2D eigenvalue weighted by molar-refractivity contribution is -0.121. The maximum atomic E-state index is 12.9. The Morgan fingerprint density at radius 2 is 1.76 bits per heavy atom. The fraction of sp³-hybridized carbons (Fsp3) is 0.292. The fourth-order valence-corrected chi connectivity index (χ4v) is 3.66. The van der Waals surface area contributed by atoms with Gasteiger partial charge in [-0.05, 0) is 43.2 Å². The number of ether oxygens (including phenoxy) is 1. The van der Waals surface area contributed by atoms with E-state index in [1.54, 1.807) is 23.2 Å². The van der Waals surface area contributed by atoms with Crippen LogP contribution < -0.4 is 15.6 Å². The number of likely N-dealkylation sites (tertiary alicyclic amines) is 1. The Kier molecular flexibility index (Phi) is 7.09. The van der Waals surface area contributed by atoms with Gasteiger partial charge in [-0.2, -0.15) is 5.10 Å². The van der Waals surface area contributed by atoms with Crippen LogP contribution in [0.2, 0.25) is 0 Å². The Morgan fingerprint density at radius 1 is 1.00 bits per heavy atom. The van der Waals surface area contributed by atoms with Crippen molar-refractivity contribution in [1.29, 1.82) is 0 Å². The summed E-state index contributed by atoms with van der Waals surface area (Å²) in [5.74, 6) is 0.687. The van der Waals surface area contributed by atoms with Gasteiger partial charge in [-0.25, -0.2) is 9.67 Å². The summed E-state index contributed by atoms with van der Waals surface area (Å²) in [7, 11) is 0. The molecule has 0 aliphatic carbocycles. The van der Waals surface area contributed by atoms with Gasteiger partial charge in [0.1, 0.15) is 23.9 Å². The van der Waals surface area contributed by atoms with E-state index in [4.69, 9.17) is 4.74 Å². The minimum absolute atomic E-state index is 0.0918. The Hall–Kier alpha value is -4.01. The SMILES string of the molecule is O=C(Nc1ccccn1)C1CCN(C(=O)c2ccc(=O)n(CCOc3ccccc3)n2)CC1. The summed E-state index contributed by atoms with van der Waals surface area (Å²) in [6.45, 7) is 1.37. The summed E-state index contributed by atoms with van der Waals surface area (Å²) < 4.78 is 6.86. The Bertz CT molecular complexity index is 1140. The zero-order valence-corrected chi connectivity index (χ0v) is 18.1. The van der Waals surface area contributed by atoms with Gasteiger partial charge >= 0.3 is 0 Å². The fourth-order valence-electron chi connectivity index (χ4n) is 3.66. The minimum atomic E-state index is -0.298. The predicted molar refractivity (Wildman–Crippen MR) is 122 cm³/mol. The smallest absolute Gasteiger partial charge is 0.274 e. The molecule has 3 aromatic rings. The monoisotopic (exact) mass is 447 g/mol. The number of rotatable bonds is 7. The van der Waals surface area contributed by atoms with Crippen molar-refractivity contribution in [3.63, 3.8) is 0 Å². The average Bonchev–Trinajstić information content (AvgIpc) is 2.86. The van der Waals surface area contributed by atoms with Crippen LogP contribution in [0.25, 0.3) is 0 Å². The van der Waals surface area contributed by atoms with Gasteiger partial charge in [-0.1, -0.05) is 24.3 Å². The molecule has 0 radical (unpaired) electrons. The number of carbonyl (C=O) groups excluding carboxylic acids is 2. The highest BCUT2D eigenvalue weighted by Gasteiger charge is 2.28. The van der Waals surface area contributed by atoms with E-state index in [1.807, 2.05) is 36.4 Å². The van der Waals surface area contributed by atoms with Crippen molar-refractivity contribution in [1.82, 2.24) is 19.7 Å². The number of hydrogen-bond acceptors (Lipinski definition) is 6. The highest BCUT2D eigenvalue weighted by atomic mass is 16.5. The van der Waals surface area contributed by atoms with Crippen LogP contribution in [0.1, 0.15) is 23.3 Å². The molecule has 0 spiro atoms. The molecule has 3 heterocycles. The molecule has 170 valence electrons. The minimum Gasteiger partial charge on any atom is -0.492 e. The third-order valence-electron chi connectivity index (χ3n) is 5.47.